The molecule has 1 unspecified atom stereocenters. The maximum atomic E-state index is 12.5. The number of piperazine rings is 1. The maximum absolute atomic E-state index is 12.5. The van der Waals surface area contributed by atoms with Gasteiger partial charge in [-0.1, -0.05) is 5.92 Å². The zero-order valence-electron chi connectivity index (χ0n) is 23.6. The van der Waals surface area contributed by atoms with Gasteiger partial charge in [0, 0.05) is 49.9 Å². The first-order chi connectivity index (χ1) is 20.5. The van der Waals surface area contributed by atoms with Crippen molar-refractivity contribution in [2.24, 2.45) is 7.05 Å². The number of nitrogens with zero attached hydrogens (tertiary/aromatic N) is 6. The van der Waals surface area contributed by atoms with E-state index >= 15 is 0 Å². The van der Waals surface area contributed by atoms with E-state index in [0.717, 1.165) is 56.1 Å². The number of benzene rings is 3. The molecule has 1 N–H and O–H groups in total. The highest BCUT2D eigenvalue weighted by molar-refractivity contribution is 5.96. The molecule has 2 bridgehead atoms. The zero-order valence-corrected chi connectivity index (χ0v) is 23.6. The molecule has 10 heteroatoms. The van der Waals surface area contributed by atoms with Gasteiger partial charge in [0.25, 0.3) is 5.91 Å². The Morgan fingerprint density at radius 1 is 1.07 bits per heavy atom. The van der Waals surface area contributed by atoms with Crippen molar-refractivity contribution >= 4 is 45.0 Å². The summed E-state index contributed by atoms with van der Waals surface area (Å²) >= 11 is 0. The highest BCUT2D eigenvalue weighted by Crippen LogP contribution is 2.39. The number of anilines is 3. The summed E-state index contributed by atoms with van der Waals surface area (Å²) in [5.74, 6) is 8.19. The average Bonchev–Trinajstić information content (AvgIpc) is 3.30. The number of hydrogen-bond acceptors (Lipinski definition) is 8. The summed E-state index contributed by atoms with van der Waals surface area (Å²) in [6.07, 6.45) is 3.35. The van der Waals surface area contributed by atoms with E-state index in [1.807, 2.05) is 65.9 Å². The van der Waals surface area contributed by atoms with Crippen molar-refractivity contribution in [2.75, 3.05) is 36.5 Å². The number of carbonyl (C=O) groups excluding carboxylic acids is 1. The lowest BCUT2D eigenvalue weighted by atomic mass is 10.1. The van der Waals surface area contributed by atoms with E-state index in [0.29, 0.717) is 32.1 Å². The average molecular weight is 560 g/mol. The van der Waals surface area contributed by atoms with E-state index in [-0.39, 0.29) is 11.9 Å². The standard InChI is InChI=1S/C32H29N7O3/c1-4-5-31(40)39-11-10-38-16-22(39)17-41-30-15-25-24(14-28(30)38)32(34-18-33-25)36-21-6-9-29(20(2)12-21)42-23-7-8-27-26(13-23)35-19-37(27)3/h6-9,12-15,18-19,22H,10-11,16-17H2,1-3H3,(H,33,34,36). The van der Waals surface area contributed by atoms with E-state index in [1.165, 1.54) is 0 Å². The second kappa shape index (κ2) is 10.3. The van der Waals surface area contributed by atoms with Crippen molar-refractivity contribution in [3.8, 4) is 29.1 Å². The topological polar surface area (TPSA) is 97.6 Å². The summed E-state index contributed by atoms with van der Waals surface area (Å²) in [6.45, 7) is 6.08. The minimum atomic E-state index is -0.153. The van der Waals surface area contributed by atoms with E-state index in [4.69, 9.17) is 9.47 Å². The molecule has 1 amide bonds. The third kappa shape index (κ3) is 4.59. The van der Waals surface area contributed by atoms with Crippen molar-refractivity contribution in [3.05, 3.63) is 66.7 Å². The predicted octanol–water partition coefficient (Wildman–Crippen LogP) is 4.79. The number of rotatable bonds is 4. The highest BCUT2D eigenvalue weighted by atomic mass is 16.5. The van der Waals surface area contributed by atoms with E-state index < -0.39 is 0 Å². The largest absolute Gasteiger partial charge is 0.489 e. The number of amides is 1. The third-order valence-corrected chi connectivity index (χ3v) is 7.83. The molecule has 0 saturated carbocycles. The van der Waals surface area contributed by atoms with Gasteiger partial charge < -0.3 is 29.2 Å². The normalized spacial score (nSPS) is 15.8. The summed E-state index contributed by atoms with van der Waals surface area (Å²) in [4.78, 5) is 30.1. The predicted molar refractivity (Wildman–Crippen MR) is 161 cm³/mol. The number of ether oxygens (including phenoxy) is 2. The second-order valence-corrected chi connectivity index (χ2v) is 10.6. The number of aryl methyl sites for hydroxylation is 2. The summed E-state index contributed by atoms with van der Waals surface area (Å²) in [5, 5.41) is 4.36. The fourth-order valence-corrected chi connectivity index (χ4v) is 5.67. The second-order valence-electron chi connectivity index (χ2n) is 10.6. The SMILES string of the molecule is CC#CC(=O)N1CCN2CC1COc1cc3ncnc(Nc4ccc(Oc5ccc6c(c5)ncn6C)c(C)c4)c3cc12. The molecule has 3 aromatic carbocycles. The molecule has 1 saturated heterocycles. The molecule has 5 aromatic rings. The first-order valence-electron chi connectivity index (χ1n) is 13.8. The minimum absolute atomic E-state index is 0.0686. The van der Waals surface area contributed by atoms with Crippen LogP contribution in [0, 0.1) is 18.8 Å². The van der Waals surface area contributed by atoms with Crippen LogP contribution in [0.3, 0.4) is 0 Å². The molecule has 4 heterocycles. The lowest BCUT2D eigenvalue weighted by Crippen LogP contribution is -2.56. The van der Waals surface area contributed by atoms with E-state index in [9.17, 15) is 4.79 Å². The van der Waals surface area contributed by atoms with Crippen molar-refractivity contribution in [1.29, 1.82) is 0 Å². The van der Waals surface area contributed by atoms with Crippen LogP contribution in [0.1, 0.15) is 12.5 Å². The molecule has 42 heavy (non-hydrogen) atoms. The first kappa shape index (κ1) is 25.7. The smallest absolute Gasteiger partial charge is 0.298 e. The van der Waals surface area contributed by atoms with E-state index in [1.54, 1.807) is 19.6 Å². The molecule has 10 nitrogen and oxygen atoms in total. The van der Waals surface area contributed by atoms with Crippen molar-refractivity contribution in [2.45, 2.75) is 19.9 Å². The van der Waals surface area contributed by atoms with Crippen LogP contribution in [-0.2, 0) is 11.8 Å². The zero-order chi connectivity index (χ0) is 28.8. The van der Waals surface area contributed by atoms with Gasteiger partial charge in [0.2, 0.25) is 0 Å². The van der Waals surface area contributed by atoms with Crippen LogP contribution < -0.4 is 19.7 Å². The first-order valence-corrected chi connectivity index (χ1v) is 13.8. The summed E-state index contributed by atoms with van der Waals surface area (Å²) in [6, 6.07) is 15.8. The fraction of sp³-hybridized carbons (Fsp3) is 0.250. The van der Waals surface area contributed by atoms with Crippen LogP contribution in [0.2, 0.25) is 0 Å². The molecule has 2 aliphatic heterocycles. The highest BCUT2D eigenvalue weighted by Gasteiger charge is 2.34. The van der Waals surface area contributed by atoms with Gasteiger partial charge in [-0.2, -0.15) is 0 Å². The molecule has 0 radical (unpaired) electrons. The Bertz CT molecular complexity index is 1920. The maximum Gasteiger partial charge on any atom is 0.298 e. The van der Waals surface area contributed by atoms with Crippen LogP contribution >= 0.6 is 0 Å². The minimum Gasteiger partial charge on any atom is -0.489 e. The number of fused-ring (bicyclic) bond motifs is 6. The van der Waals surface area contributed by atoms with Gasteiger partial charge in [-0.25, -0.2) is 15.0 Å². The molecule has 0 aliphatic carbocycles. The number of hydrogen-bond donors (Lipinski definition) is 1. The van der Waals surface area contributed by atoms with Gasteiger partial charge in [0.1, 0.15) is 36.0 Å². The third-order valence-electron chi connectivity index (χ3n) is 7.83. The van der Waals surface area contributed by atoms with Crippen molar-refractivity contribution in [1.82, 2.24) is 24.4 Å². The van der Waals surface area contributed by atoms with Gasteiger partial charge in [0.05, 0.1) is 34.6 Å². The number of imidazole rings is 1. The molecule has 0 spiro atoms. The molecule has 7 rings (SSSR count). The van der Waals surface area contributed by atoms with Crippen LogP contribution in [0.15, 0.2) is 61.2 Å². The number of nitrogens with one attached hydrogen (secondary N) is 1. The molecular weight excluding hydrogens is 530 g/mol. The lowest BCUT2D eigenvalue weighted by molar-refractivity contribution is -0.128. The Morgan fingerprint density at radius 2 is 1.98 bits per heavy atom. The van der Waals surface area contributed by atoms with Crippen LogP contribution in [0.4, 0.5) is 17.2 Å². The Hall–Kier alpha value is -5.30. The van der Waals surface area contributed by atoms with Crippen LogP contribution in [0.5, 0.6) is 17.2 Å². The number of aromatic nitrogens is 4. The van der Waals surface area contributed by atoms with Crippen LogP contribution in [0.25, 0.3) is 21.9 Å². The lowest BCUT2D eigenvalue weighted by Gasteiger charge is -2.39. The Balaban J connectivity index is 1.14. The molecule has 2 aromatic heterocycles. The van der Waals surface area contributed by atoms with Crippen LogP contribution in [-0.4, -0.2) is 62.6 Å². The number of carbonyl (C=O) groups is 1. The van der Waals surface area contributed by atoms with Crippen molar-refractivity contribution < 1.29 is 14.3 Å². The summed E-state index contributed by atoms with van der Waals surface area (Å²) in [5.41, 5.74) is 5.56. The Kier molecular flexibility index (Phi) is 6.27. The summed E-state index contributed by atoms with van der Waals surface area (Å²) < 4.78 is 14.4. The molecule has 210 valence electrons. The van der Waals surface area contributed by atoms with Gasteiger partial charge in [-0.05, 0) is 61.7 Å². The van der Waals surface area contributed by atoms with Gasteiger partial charge in [-0.3, -0.25) is 4.79 Å². The fourth-order valence-electron chi connectivity index (χ4n) is 5.67. The van der Waals surface area contributed by atoms with Crippen molar-refractivity contribution in [3.63, 3.8) is 0 Å². The van der Waals surface area contributed by atoms with Gasteiger partial charge >= 0.3 is 0 Å². The molecule has 1 atom stereocenters. The van der Waals surface area contributed by atoms with Gasteiger partial charge in [0.15, 0.2) is 0 Å². The molecule has 2 aliphatic rings. The van der Waals surface area contributed by atoms with Gasteiger partial charge in [-0.15, -0.1) is 0 Å². The monoisotopic (exact) mass is 559 g/mol. The Morgan fingerprint density at radius 3 is 2.83 bits per heavy atom. The Labute approximate surface area is 242 Å². The molecular formula is C32H29N7O3. The molecule has 1 fully saturated rings. The van der Waals surface area contributed by atoms with E-state index in [2.05, 4.69) is 43.1 Å². The summed E-state index contributed by atoms with van der Waals surface area (Å²) in [7, 11) is 1.97. The quantitative estimate of drug-likeness (QED) is 0.314.